The van der Waals surface area contributed by atoms with Crippen molar-refractivity contribution in [2.24, 2.45) is 9.98 Å². The molecule has 2 aromatic rings. The average molecular weight is 347 g/mol. The highest BCUT2D eigenvalue weighted by molar-refractivity contribution is 7.71. The van der Waals surface area contributed by atoms with Gasteiger partial charge in [-0.15, -0.1) is 0 Å². The number of rotatable bonds is 2. The number of aromatic amines is 1. The molecule has 2 heterocycles. The van der Waals surface area contributed by atoms with Crippen molar-refractivity contribution in [3.8, 4) is 11.6 Å². The summed E-state index contributed by atoms with van der Waals surface area (Å²) in [5.41, 5.74) is 0.600. The number of benzene rings is 1. The summed E-state index contributed by atoms with van der Waals surface area (Å²) in [5, 5.41) is 11.1. The minimum atomic E-state index is -0.502. The van der Waals surface area contributed by atoms with E-state index in [0.717, 1.165) is 0 Å². The molecule has 2 N–H and O–H groups in total. The Morgan fingerprint density at radius 3 is 2.65 bits per heavy atom. The molecule has 0 radical (unpaired) electrons. The van der Waals surface area contributed by atoms with Crippen molar-refractivity contribution in [1.29, 1.82) is 0 Å². The molecule has 8 heteroatoms. The number of nitrogens with one attached hydrogen (secondary N) is 1. The van der Waals surface area contributed by atoms with Gasteiger partial charge in [0.15, 0.2) is 4.77 Å². The summed E-state index contributed by atoms with van der Waals surface area (Å²) in [6.45, 7) is 1.74. The van der Waals surface area contributed by atoms with E-state index in [9.17, 15) is 9.90 Å². The number of H-pyrrole nitrogens is 1. The quantitative estimate of drug-likeness (QED) is 0.820. The first kappa shape index (κ1) is 15.4. The van der Waals surface area contributed by atoms with Crippen LogP contribution in [0.15, 0.2) is 44.7 Å². The van der Waals surface area contributed by atoms with Crippen molar-refractivity contribution in [3.63, 3.8) is 0 Å². The van der Waals surface area contributed by atoms with Gasteiger partial charge in [0.25, 0.3) is 5.56 Å². The lowest BCUT2D eigenvalue weighted by atomic mass is 10.2. The van der Waals surface area contributed by atoms with Crippen LogP contribution in [0.4, 0.5) is 0 Å². The summed E-state index contributed by atoms with van der Waals surface area (Å²) >= 11 is 11.0. The number of hydrogen-bond donors (Lipinski definition) is 2. The topological polar surface area (TPSA) is 82.7 Å². The van der Waals surface area contributed by atoms with Gasteiger partial charge < -0.3 is 5.11 Å². The van der Waals surface area contributed by atoms with Crippen LogP contribution in [0.25, 0.3) is 11.8 Å². The molecule has 0 spiro atoms. The normalized spacial score (nSPS) is 15.2. The van der Waals surface area contributed by atoms with E-state index in [-0.39, 0.29) is 16.2 Å². The third-order valence-corrected chi connectivity index (χ3v) is 3.71. The molecule has 0 atom stereocenters. The first-order chi connectivity index (χ1) is 11.0. The van der Waals surface area contributed by atoms with Crippen LogP contribution in [0.2, 0.25) is 5.02 Å². The van der Waals surface area contributed by atoms with E-state index in [1.54, 1.807) is 31.2 Å². The molecule has 116 valence electrons. The summed E-state index contributed by atoms with van der Waals surface area (Å²) in [6.07, 6.45) is 2.97. The Bertz CT molecular complexity index is 984. The van der Waals surface area contributed by atoms with Crippen molar-refractivity contribution in [3.05, 3.63) is 55.7 Å². The molecule has 0 saturated carbocycles. The van der Waals surface area contributed by atoms with Gasteiger partial charge in [-0.25, -0.2) is 9.98 Å². The Morgan fingerprint density at radius 1 is 1.35 bits per heavy atom. The number of aliphatic imine (C=N–C) groups is 2. The van der Waals surface area contributed by atoms with Crippen molar-refractivity contribution in [2.45, 2.75) is 6.92 Å². The lowest BCUT2D eigenvalue weighted by Crippen LogP contribution is -2.16. The van der Waals surface area contributed by atoms with Crippen molar-refractivity contribution in [2.75, 3.05) is 0 Å². The minimum Gasteiger partial charge on any atom is -0.494 e. The number of hydrogen-bond acceptors (Lipinski definition) is 5. The molecule has 1 aromatic carbocycles. The molecule has 0 bridgehead atoms. The highest BCUT2D eigenvalue weighted by atomic mass is 35.5. The third-order valence-electron chi connectivity index (χ3n) is 3.17. The largest absolute Gasteiger partial charge is 0.494 e. The van der Waals surface area contributed by atoms with Crippen LogP contribution in [-0.2, 0) is 0 Å². The molecular weight excluding hydrogens is 336 g/mol. The van der Waals surface area contributed by atoms with Gasteiger partial charge in [-0.3, -0.25) is 14.3 Å². The summed E-state index contributed by atoms with van der Waals surface area (Å²) < 4.78 is 1.43. The second-order valence-corrected chi connectivity index (χ2v) is 5.62. The van der Waals surface area contributed by atoms with Gasteiger partial charge in [0.1, 0.15) is 11.4 Å². The monoisotopic (exact) mass is 346 g/mol. The number of nitrogens with zero attached hydrogens (tertiary/aromatic N) is 3. The molecule has 0 fully saturated rings. The zero-order valence-electron chi connectivity index (χ0n) is 11.9. The minimum absolute atomic E-state index is 0.0495. The summed E-state index contributed by atoms with van der Waals surface area (Å²) in [4.78, 5) is 22.8. The Labute approximate surface area is 141 Å². The molecule has 0 unspecified atom stereocenters. The second-order valence-electron chi connectivity index (χ2n) is 4.79. The second kappa shape index (κ2) is 5.94. The van der Waals surface area contributed by atoms with Crippen LogP contribution in [0, 0.1) is 4.77 Å². The lowest BCUT2D eigenvalue weighted by molar-refractivity contribution is 0.432. The average Bonchev–Trinajstić information content (AvgIpc) is 2.91. The van der Waals surface area contributed by atoms with E-state index in [0.29, 0.717) is 22.2 Å². The predicted molar refractivity (Wildman–Crippen MR) is 93.5 cm³/mol. The number of aromatic hydroxyl groups is 1. The molecule has 23 heavy (non-hydrogen) atoms. The molecule has 6 nitrogen and oxygen atoms in total. The number of halogens is 1. The first-order valence-electron chi connectivity index (χ1n) is 6.61. The van der Waals surface area contributed by atoms with Crippen LogP contribution < -0.4 is 5.56 Å². The Balaban J connectivity index is 2.22. The van der Waals surface area contributed by atoms with E-state index in [2.05, 4.69) is 15.0 Å². The van der Waals surface area contributed by atoms with Gasteiger partial charge in [0.2, 0.25) is 5.88 Å². The molecule has 1 aromatic heterocycles. The third kappa shape index (κ3) is 3.01. The molecule has 3 rings (SSSR count). The lowest BCUT2D eigenvalue weighted by Gasteiger charge is -2.11. The van der Waals surface area contributed by atoms with E-state index in [1.807, 2.05) is 0 Å². The Hall–Kier alpha value is -2.51. The molecule has 1 aliphatic heterocycles. The predicted octanol–water partition coefficient (Wildman–Crippen LogP) is 3.10. The number of allylic oxidation sites excluding steroid dienone is 1. The highest BCUT2D eigenvalue weighted by Gasteiger charge is 2.14. The summed E-state index contributed by atoms with van der Waals surface area (Å²) in [6, 6.07) is 6.70. The number of aromatic nitrogens is 2. The zero-order chi connectivity index (χ0) is 16.6. The fourth-order valence-corrected chi connectivity index (χ4v) is 2.53. The van der Waals surface area contributed by atoms with Crippen LogP contribution in [0.3, 0.4) is 0 Å². The van der Waals surface area contributed by atoms with Crippen LogP contribution in [0.1, 0.15) is 12.5 Å². The highest BCUT2D eigenvalue weighted by Crippen LogP contribution is 2.23. The van der Waals surface area contributed by atoms with Crippen molar-refractivity contribution < 1.29 is 5.11 Å². The molecule has 0 saturated heterocycles. The van der Waals surface area contributed by atoms with E-state index < -0.39 is 5.56 Å². The van der Waals surface area contributed by atoms with Crippen LogP contribution in [0.5, 0.6) is 5.88 Å². The van der Waals surface area contributed by atoms with Gasteiger partial charge in [-0.05, 0) is 49.5 Å². The first-order valence-corrected chi connectivity index (χ1v) is 7.39. The smallest absolute Gasteiger partial charge is 0.262 e. The molecule has 0 amide bonds. The maximum atomic E-state index is 12.1. The van der Waals surface area contributed by atoms with E-state index in [1.165, 1.54) is 16.9 Å². The van der Waals surface area contributed by atoms with Gasteiger partial charge in [-0.2, -0.15) is 0 Å². The zero-order valence-corrected chi connectivity index (χ0v) is 13.5. The summed E-state index contributed by atoms with van der Waals surface area (Å²) in [5.74, 6) is 0.305. The van der Waals surface area contributed by atoms with Gasteiger partial charge in [0.05, 0.1) is 17.6 Å². The number of amidine groups is 1. The van der Waals surface area contributed by atoms with Crippen molar-refractivity contribution >= 4 is 41.9 Å². The molecule has 0 aliphatic carbocycles. The van der Waals surface area contributed by atoms with Gasteiger partial charge in [0, 0.05) is 5.02 Å². The fourth-order valence-electron chi connectivity index (χ4n) is 2.12. The Kier molecular flexibility index (Phi) is 3.97. The Morgan fingerprint density at radius 2 is 2.04 bits per heavy atom. The SMILES string of the molecule is CC1=NC(=Cc2c(O)n(-c3ccc(Cl)cc3)c(=S)[nH]c2=O)C=N1. The van der Waals surface area contributed by atoms with Crippen molar-refractivity contribution in [1.82, 2.24) is 9.55 Å². The summed E-state index contributed by atoms with van der Waals surface area (Å²) in [7, 11) is 0. The van der Waals surface area contributed by atoms with Crippen LogP contribution in [-0.4, -0.2) is 26.7 Å². The van der Waals surface area contributed by atoms with Crippen LogP contribution >= 0.6 is 23.8 Å². The molecule has 1 aliphatic rings. The maximum absolute atomic E-state index is 12.1. The van der Waals surface area contributed by atoms with Gasteiger partial charge >= 0.3 is 0 Å². The van der Waals surface area contributed by atoms with E-state index in [4.69, 9.17) is 23.8 Å². The van der Waals surface area contributed by atoms with E-state index >= 15 is 0 Å². The maximum Gasteiger partial charge on any atom is 0.262 e. The standard InChI is InChI=1S/C15H11ClN4O2S/c1-8-17-7-10(18-8)6-12-13(21)19-15(23)20(14(12)22)11-4-2-9(16)3-5-11/h2-7,22H,1H3,(H,19,21,23). The fraction of sp³-hybridized carbons (Fsp3) is 0.0667. The molecular formula is C15H11ClN4O2S. The van der Waals surface area contributed by atoms with Gasteiger partial charge in [-0.1, -0.05) is 11.6 Å².